The Morgan fingerprint density at radius 1 is 1.14 bits per heavy atom. The van der Waals surface area contributed by atoms with Crippen molar-refractivity contribution in [3.8, 4) is 11.8 Å². The quantitative estimate of drug-likeness (QED) is 0.295. The predicted molar refractivity (Wildman–Crippen MR) is 166 cm³/mol. The molecule has 4 aliphatic heterocycles. The van der Waals surface area contributed by atoms with Gasteiger partial charge >= 0.3 is 6.01 Å². The summed E-state index contributed by atoms with van der Waals surface area (Å²) in [5.41, 5.74) is 0.793. The van der Waals surface area contributed by atoms with Gasteiger partial charge in [-0.3, -0.25) is 4.90 Å². The average molecular weight is 611 g/mol. The van der Waals surface area contributed by atoms with Gasteiger partial charge in [-0.25, -0.2) is 8.78 Å². The third-order valence-corrected chi connectivity index (χ3v) is 9.87. The summed E-state index contributed by atoms with van der Waals surface area (Å²) >= 11 is 6.89. The second kappa shape index (κ2) is 11.7. The molecule has 7 rings (SSSR count). The van der Waals surface area contributed by atoms with Crippen LogP contribution in [0.3, 0.4) is 0 Å². The molecule has 4 aliphatic rings. The predicted octanol–water partition coefficient (Wildman–Crippen LogP) is 6.22. The number of benzene rings is 2. The number of alkyl halides is 1. The van der Waals surface area contributed by atoms with Crippen LogP contribution in [0.25, 0.3) is 10.9 Å². The molecule has 0 saturated carbocycles. The first-order chi connectivity index (χ1) is 21.0. The topological polar surface area (TPSA) is 66.3 Å². The summed E-state index contributed by atoms with van der Waals surface area (Å²) in [4.78, 5) is 19.9. The molecule has 1 unspecified atom stereocenters. The van der Waals surface area contributed by atoms with Crippen LogP contribution in [0.5, 0.6) is 11.8 Å². The van der Waals surface area contributed by atoms with Crippen LogP contribution >= 0.6 is 11.6 Å². The molecule has 3 atom stereocenters. The van der Waals surface area contributed by atoms with Gasteiger partial charge in [0.05, 0.1) is 28.5 Å². The van der Waals surface area contributed by atoms with E-state index < -0.39 is 12.0 Å². The molecule has 0 bridgehead atoms. The van der Waals surface area contributed by atoms with Crippen LogP contribution in [0, 0.1) is 11.7 Å². The summed E-state index contributed by atoms with van der Waals surface area (Å²) in [6, 6.07) is 9.43. The van der Waals surface area contributed by atoms with E-state index in [-0.39, 0.29) is 34.4 Å². The molecule has 3 aromatic rings. The Balaban J connectivity index is 1.30. The molecule has 3 fully saturated rings. The molecule has 8 nitrogen and oxygen atoms in total. The minimum atomic E-state index is -0.870. The van der Waals surface area contributed by atoms with Crippen molar-refractivity contribution in [1.29, 1.82) is 0 Å². The molecule has 228 valence electrons. The van der Waals surface area contributed by atoms with Gasteiger partial charge in [-0.2, -0.15) is 9.97 Å². The van der Waals surface area contributed by atoms with Crippen molar-refractivity contribution in [3.05, 3.63) is 41.2 Å². The number of nitrogens with zero attached hydrogens (tertiary/aromatic N) is 6. The van der Waals surface area contributed by atoms with Crippen molar-refractivity contribution in [2.75, 3.05) is 62.3 Å². The van der Waals surface area contributed by atoms with Gasteiger partial charge in [0.25, 0.3) is 0 Å². The number of rotatable bonds is 7. The highest BCUT2D eigenvalue weighted by Gasteiger charge is 2.49. The lowest BCUT2D eigenvalue weighted by molar-refractivity contribution is 0.107. The summed E-state index contributed by atoms with van der Waals surface area (Å²) in [7, 11) is 0. The number of hydrogen-bond acceptors (Lipinski definition) is 8. The fraction of sp³-hybridized carbons (Fsp3) is 0.531. The second-order valence-corrected chi connectivity index (χ2v) is 12.7. The molecule has 0 N–H and O–H groups in total. The molecule has 3 saturated heterocycles. The minimum absolute atomic E-state index is 0.106. The van der Waals surface area contributed by atoms with Gasteiger partial charge in [-0.05, 0) is 69.5 Å². The Hall–Kier alpha value is -3.24. The average Bonchev–Trinajstić information content (AvgIpc) is 3.42. The third kappa shape index (κ3) is 5.26. The van der Waals surface area contributed by atoms with Crippen molar-refractivity contribution < 1.29 is 18.3 Å². The Morgan fingerprint density at radius 3 is 2.91 bits per heavy atom. The van der Waals surface area contributed by atoms with Crippen molar-refractivity contribution in [2.45, 2.75) is 50.2 Å². The fourth-order valence-electron chi connectivity index (χ4n) is 7.49. The molecule has 11 heteroatoms. The highest BCUT2D eigenvalue weighted by molar-refractivity contribution is 6.34. The van der Waals surface area contributed by atoms with E-state index in [0.29, 0.717) is 49.0 Å². The Labute approximate surface area is 255 Å². The van der Waals surface area contributed by atoms with E-state index in [4.69, 9.17) is 26.1 Å². The molecule has 1 aromatic heterocycles. The Morgan fingerprint density at radius 2 is 2.02 bits per heavy atom. The van der Waals surface area contributed by atoms with E-state index in [1.54, 1.807) is 6.07 Å². The zero-order chi connectivity index (χ0) is 29.6. The van der Waals surface area contributed by atoms with Crippen LogP contribution in [0.2, 0.25) is 5.02 Å². The van der Waals surface area contributed by atoms with Crippen LogP contribution < -0.4 is 19.3 Å². The number of anilines is 3. The molecule has 43 heavy (non-hydrogen) atoms. The lowest BCUT2D eigenvalue weighted by Crippen LogP contribution is -2.43. The first kappa shape index (κ1) is 28.5. The van der Waals surface area contributed by atoms with Crippen molar-refractivity contribution >= 4 is 46.4 Å². The van der Waals surface area contributed by atoms with Gasteiger partial charge in [0.1, 0.15) is 36.5 Å². The van der Waals surface area contributed by atoms with Crippen molar-refractivity contribution in [3.63, 3.8) is 0 Å². The molecule has 0 radical (unpaired) electrons. The van der Waals surface area contributed by atoms with Gasteiger partial charge in [0, 0.05) is 38.0 Å². The van der Waals surface area contributed by atoms with Crippen LogP contribution in [0.4, 0.5) is 26.0 Å². The first-order valence-electron chi connectivity index (χ1n) is 15.3. The molecular weight excluding hydrogens is 574 g/mol. The molecule has 5 heterocycles. The number of hydrogen-bond donors (Lipinski definition) is 0. The lowest BCUT2D eigenvalue weighted by atomic mass is 9.95. The molecule has 0 spiro atoms. The number of aliphatic imine (C=N–C) groups is 1. The number of aromatic nitrogens is 2. The van der Waals surface area contributed by atoms with Gasteiger partial charge in [-0.15, -0.1) is 0 Å². The maximum Gasteiger partial charge on any atom is 0.319 e. The number of ether oxygens (including phenoxy) is 2. The normalized spacial score (nSPS) is 25.7. The van der Waals surface area contributed by atoms with Crippen molar-refractivity contribution in [1.82, 2.24) is 14.9 Å². The summed E-state index contributed by atoms with van der Waals surface area (Å²) in [6.45, 7) is 8.31. The zero-order valence-electron chi connectivity index (χ0n) is 24.3. The maximum atomic E-state index is 16.8. The number of para-hydroxylation sites is 2. The van der Waals surface area contributed by atoms with E-state index >= 15 is 4.39 Å². The second-order valence-electron chi connectivity index (χ2n) is 12.3. The Bertz CT molecular complexity index is 1530. The van der Waals surface area contributed by atoms with E-state index in [9.17, 15) is 4.39 Å². The SMILES string of the molecule is C=NCC1CCCN(c2nc(OC[C@@]34CCCN3C[C@H](F)C4)nc3c(F)c(N4CCOc5ccccc54)c(Cl)cc23)CC1. The molecule has 0 aliphatic carbocycles. The zero-order valence-corrected chi connectivity index (χ0v) is 25.0. The number of fused-ring (bicyclic) bond motifs is 3. The summed E-state index contributed by atoms with van der Waals surface area (Å²) in [5.74, 6) is 1.20. The van der Waals surface area contributed by atoms with Crippen LogP contribution in [0.1, 0.15) is 38.5 Å². The minimum Gasteiger partial charge on any atom is -0.490 e. The van der Waals surface area contributed by atoms with Gasteiger partial charge < -0.3 is 24.3 Å². The van der Waals surface area contributed by atoms with Gasteiger partial charge in [-0.1, -0.05) is 23.7 Å². The summed E-state index contributed by atoms with van der Waals surface area (Å²) in [6.07, 6.45) is 4.36. The van der Waals surface area contributed by atoms with Crippen LogP contribution in [-0.2, 0) is 0 Å². The lowest BCUT2D eigenvalue weighted by Gasteiger charge is -2.33. The third-order valence-electron chi connectivity index (χ3n) is 9.58. The summed E-state index contributed by atoms with van der Waals surface area (Å²) < 4.78 is 43.3. The van der Waals surface area contributed by atoms with Crippen molar-refractivity contribution in [2.24, 2.45) is 10.9 Å². The fourth-order valence-corrected chi connectivity index (χ4v) is 7.79. The van der Waals surface area contributed by atoms with E-state index in [1.165, 1.54) is 0 Å². The summed E-state index contributed by atoms with van der Waals surface area (Å²) in [5, 5.41) is 0.829. The van der Waals surface area contributed by atoms with E-state index in [2.05, 4.69) is 26.5 Å². The van der Waals surface area contributed by atoms with Gasteiger partial charge in [0.2, 0.25) is 0 Å². The first-order valence-corrected chi connectivity index (χ1v) is 15.7. The van der Waals surface area contributed by atoms with E-state index in [1.807, 2.05) is 29.2 Å². The smallest absolute Gasteiger partial charge is 0.319 e. The Kier molecular flexibility index (Phi) is 7.75. The standard InChI is InChI=1S/C32H37ClF2N6O2/c1-36-18-21-6-4-11-39(13-9-21)30-23-16-24(33)29(41-14-15-42-26-8-3-2-7-25(26)41)27(35)28(23)37-31(38-30)43-20-32-10-5-12-40(32)19-22(34)17-32/h2-3,7-8,16,21-22H,1,4-6,9-15,17-20H2/t21?,22-,32+/m1/s1. The van der Waals surface area contributed by atoms with Gasteiger partial charge in [0.15, 0.2) is 5.82 Å². The maximum absolute atomic E-state index is 16.8. The van der Waals surface area contributed by atoms with Crippen LogP contribution in [-0.4, -0.2) is 85.8 Å². The molecule has 2 aromatic carbocycles. The van der Waals surface area contributed by atoms with E-state index in [0.717, 1.165) is 64.0 Å². The highest BCUT2D eigenvalue weighted by Crippen LogP contribution is 2.45. The molecule has 0 amide bonds. The highest BCUT2D eigenvalue weighted by atomic mass is 35.5. The number of halogens is 3. The largest absolute Gasteiger partial charge is 0.490 e. The molecular formula is C32H37ClF2N6O2. The van der Waals surface area contributed by atoms with Crippen LogP contribution in [0.15, 0.2) is 35.3 Å². The monoisotopic (exact) mass is 610 g/mol.